The van der Waals surface area contributed by atoms with Gasteiger partial charge in [-0.1, -0.05) is 18.5 Å². The molecule has 0 unspecified atom stereocenters. The summed E-state index contributed by atoms with van der Waals surface area (Å²) >= 11 is 5.75. The number of aromatic nitrogens is 2. The molecule has 0 amide bonds. The maximum atomic E-state index is 12.4. The van der Waals surface area contributed by atoms with Crippen LogP contribution < -0.4 is 5.73 Å². The molecule has 2 N–H and O–H groups in total. The van der Waals surface area contributed by atoms with E-state index >= 15 is 0 Å². The molecule has 1 heterocycles. The number of rotatable bonds is 4. The van der Waals surface area contributed by atoms with Crippen LogP contribution >= 0.6 is 11.6 Å². The van der Waals surface area contributed by atoms with Gasteiger partial charge in [-0.3, -0.25) is 0 Å². The Bertz CT molecular complexity index is 715. The smallest absolute Gasteiger partial charge is 0.211 e. The second-order valence-electron chi connectivity index (χ2n) is 4.24. The summed E-state index contributed by atoms with van der Waals surface area (Å²) in [4.78, 5) is 8.10. The Kier molecular flexibility index (Phi) is 4.25. The normalized spacial score (nSPS) is 11.5. The van der Waals surface area contributed by atoms with E-state index in [0.717, 1.165) is 6.42 Å². The van der Waals surface area contributed by atoms with Crippen molar-refractivity contribution in [2.24, 2.45) is 0 Å². The minimum atomic E-state index is -3.73. The lowest BCUT2D eigenvalue weighted by Crippen LogP contribution is -2.10. The highest BCUT2D eigenvalue weighted by atomic mass is 35.5. The van der Waals surface area contributed by atoms with E-state index < -0.39 is 9.84 Å². The van der Waals surface area contributed by atoms with Crippen molar-refractivity contribution in [3.8, 4) is 0 Å². The molecule has 0 aliphatic rings. The number of halogens is 1. The highest BCUT2D eigenvalue weighted by Crippen LogP contribution is 2.25. The van der Waals surface area contributed by atoms with E-state index in [1.807, 2.05) is 6.92 Å². The SMILES string of the molecule is CCCc1ncc(S(=O)(=O)c2ccc(Cl)cc2)c(N)n1. The molecular formula is C13H14ClN3O2S. The fourth-order valence-corrected chi connectivity index (χ4v) is 3.10. The number of hydrogen-bond acceptors (Lipinski definition) is 5. The molecule has 2 aromatic rings. The molecule has 7 heteroatoms. The van der Waals surface area contributed by atoms with Crippen molar-refractivity contribution in [3.05, 3.63) is 41.3 Å². The van der Waals surface area contributed by atoms with Gasteiger partial charge in [0.15, 0.2) is 0 Å². The number of nitrogen functional groups attached to an aromatic ring is 1. The van der Waals surface area contributed by atoms with E-state index in [1.165, 1.54) is 30.5 Å². The highest BCUT2D eigenvalue weighted by Gasteiger charge is 2.22. The van der Waals surface area contributed by atoms with Gasteiger partial charge in [0.05, 0.1) is 11.1 Å². The average molecular weight is 312 g/mol. The van der Waals surface area contributed by atoms with Gasteiger partial charge in [-0.15, -0.1) is 0 Å². The zero-order chi connectivity index (χ0) is 14.8. The summed E-state index contributed by atoms with van der Waals surface area (Å²) in [5, 5.41) is 0.464. The quantitative estimate of drug-likeness (QED) is 0.937. The first-order valence-electron chi connectivity index (χ1n) is 6.07. The minimum Gasteiger partial charge on any atom is -0.382 e. The number of sulfone groups is 1. The Morgan fingerprint density at radius 1 is 1.25 bits per heavy atom. The van der Waals surface area contributed by atoms with Crippen molar-refractivity contribution >= 4 is 27.3 Å². The summed E-state index contributed by atoms with van der Waals surface area (Å²) in [6.45, 7) is 1.98. The molecule has 0 atom stereocenters. The lowest BCUT2D eigenvalue weighted by Gasteiger charge is -2.08. The molecule has 0 saturated heterocycles. The summed E-state index contributed by atoms with van der Waals surface area (Å²) < 4.78 is 24.9. The van der Waals surface area contributed by atoms with Crippen molar-refractivity contribution in [3.63, 3.8) is 0 Å². The lowest BCUT2D eigenvalue weighted by molar-refractivity contribution is 0.595. The fourth-order valence-electron chi connectivity index (χ4n) is 1.71. The molecule has 0 spiro atoms. The van der Waals surface area contributed by atoms with Gasteiger partial charge in [0.2, 0.25) is 9.84 Å². The molecule has 0 radical (unpaired) electrons. The Labute approximate surface area is 122 Å². The predicted molar refractivity (Wildman–Crippen MR) is 77.3 cm³/mol. The van der Waals surface area contributed by atoms with Crippen LogP contribution in [0.1, 0.15) is 19.2 Å². The van der Waals surface area contributed by atoms with Crippen LogP contribution in [-0.4, -0.2) is 18.4 Å². The van der Waals surface area contributed by atoms with Gasteiger partial charge in [-0.05, 0) is 30.7 Å². The Balaban J connectivity index is 2.46. The Morgan fingerprint density at radius 2 is 1.90 bits per heavy atom. The van der Waals surface area contributed by atoms with Crippen LogP contribution in [0.25, 0.3) is 0 Å². The predicted octanol–water partition coefficient (Wildman–Crippen LogP) is 2.50. The largest absolute Gasteiger partial charge is 0.382 e. The summed E-state index contributed by atoms with van der Waals surface area (Å²) in [5.41, 5.74) is 5.75. The lowest BCUT2D eigenvalue weighted by atomic mass is 10.3. The van der Waals surface area contributed by atoms with Crippen molar-refractivity contribution < 1.29 is 8.42 Å². The molecular weight excluding hydrogens is 298 g/mol. The first kappa shape index (κ1) is 14.7. The summed E-state index contributed by atoms with van der Waals surface area (Å²) in [7, 11) is -3.73. The van der Waals surface area contributed by atoms with E-state index in [9.17, 15) is 8.42 Å². The van der Waals surface area contributed by atoms with Crippen LogP contribution in [0.4, 0.5) is 5.82 Å². The van der Waals surface area contributed by atoms with Gasteiger partial charge in [0.1, 0.15) is 16.5 Å². The van der Waals surface area contributed by atoms with Gasteiger partial charge >= 0.3 is 0 Å². The molecule has 0 saturated carbocycles. The molecule has 0 aliphatic heterocycles. The van der Waals surface area contributed by atoms with Gasteiger partial charge in [0.25, 0.3) is 0 Å². The van der Waals surface area contributed by atoms with Crippen LogP contribution in [0.15, 0.2) is 40.3 Å². The Hall–Kier alpha value is -1.66. The molecule has 0 bridgehead atoms. The summed E-state index contributed by atoms with van der Waals surface area (Å²) in [6, 6.07) is 5.88. The molecule has 20 heavy (non-hydrogen) atoms. The molecule has 0 fully saturated rings. The zero-order valence-electron chi connectivity index (χ0n) is 10.9. The fraction of sp³-hybridized carbons (Fsp3) is 0.231. The first-order chi connectivity index (χ1) is 9.45. The van der Waals surface area contributed by atoms with Gasteiger partial charge in [-0.2, -0.15) is 0 Å². The van der Waals surface area contributed by atoms with Gasteiger partial charge in [0, 0.05) is 11.4 Å². The number of hydrogen-bond donors (Lipinski definition) is 1. The molecule has 106 valence electrons. The van der Waals surface area contributed by atoms with Crippen molar-refractivity contribution in [1.29, 1.82) is 0 Å². The van der Waals surface area contributed by atoms with Crippen LogP contribution in [0.3, 0.4) is 0 Å². The van der Waals surface area contributed by atoms with Crippen molar-refractivity contribution in [2.75, 3.05) is 5.73 Å². The third kappa shape index (κ3) is 2.91. The second kappa shape index (κ2) is 5.76. The van der Waals surface area contributed by atoms with Crippen molar-refractivity contribution in [1.82, 2.24) is 9.97 Å². The minimum absolute atomic E-state index is 0.0293. The monoisotopic (exact) mass is 311 g/mol. The topological polar surface area (TPSA) is 85.9 Å². The number of benzene rings is 1. The maximum Gasteiger partial charge on any atom is 0.211 e. The molecule has 5 nitrogen and oxygen atoms in total. The molecule has 1 aromatic carbocycles. The third-order valence-electron chi connectivity index (χ3n) is 2.72. The van der Waals surface area contributed by atoms with Crippen LogP contribution in [0.5, 0.6) is 0 Å². The summed E-state index contributed by atoms with van der Waals surface area (Å²) in [5.74, 6) is 0.512. The van der Waals surface area contributed by atoms with Crippen molar-refractivity contribution in [2.45, 2.75) is 29.6 Å². The van der Waals surface area contributed by atoms with Crippen LogP contribution in [-0.2, 0) is 16.3 Å². The highest BCUT2D eigenvalue weighted by molar-refractivity contribution is 7.91. The number of nitrogens with two attached hydrogens (primary N) is 1. The maximum absolute atomic E-state index is 12.4. The average Bonchev–Trinajstić information content (AvgIpc) is 2.39. The number of aryl methyl sites for hydroxylation is 1. The van der Waals surface area contributed by atoms with Gasteiger partial charge in [-0.25, -0.2) is 18.4 Å². The molecule has 0 aliphatic carbocycles. The second-order valence-corrected chi connectivity index (χ2v) is 6.60. The molecule has 2 rings (SSSR count). The third-order valence-corrected chi connectivity index (χ3v) is 4.76. The zero-order valence-corrected chi connectivity index (χ0v) is 12.4. The van der Waals surface area contributed by atoms with Gasteiger partial charge < -0.3 is 5.73 Å². The van der Waals surface area contributed by atoms with E-state index in [-0.39, 0.29) is 15.6 Å². The van der Waals surface area contributed by atoms with Crippen LogP contribution in [0.2, 0.25) is 5.02 Å². The number of nitrogens with zero attached hydrogens (tertiary/aromatic N) is 2. The standard InChI is InChI=1S/C13H14ClN3O2S/c1-2-3-12-16-8-11(13(15)17-12)20(18,19)10-6-4-9(14)5-7-10/h4-8H,2-3H2,1H3,(H2,15,16,17). The number of anilines is 1. The van der Waals surface area contributed by atoms with Crippen LogP contribution in [0, 0.1) is 0 Å². The van der Waals surface area contributed by atoms with E-state index in [0.29, 0.717) is 17.3 Å². The van der Waals surface area contributed by atoms with E-state index in [4.69, 9.17) is 17.3 Å². The summed E-state index contributed by atoms with van der Waals surface area (Å²) in [6.07, 6.45) is 2.78. The van der Waals surface area contributed by atoms with E-state index in [1.54, 1.807) is 0 Å². The Morgan fingerprint density at radius 3 is 2.45 bits per heavy atom. The molecule has 1 aromatic heterocycles. The van der Waals surface area contributed by atoms with E-state index in [2.05, 4.69) is 9.97 Å². The first-order valence-corrected chi connectivity index (χ1v) is 7.93.